The van der Waals surface area contributed by atoms with E-state index in [-0.39, 0.29) is 17.2 Å². The maximum atomic E-state index is 11.7. The van der Waals surface area contributed by atoms with E-state index in [1.54, 1.807) is 30.3 Å². The number of hydrogen-bond donors (Lipinski definition) is 2. The van der Waals surface area contributed by atoms with Gasteiger partial charge in [-0.1, -0.05) is 41.4 Å². The van der Waals surface area contributed by atoms with E-state index in [0.717, 1.165) is 0 Å². The van der Waals surface area contributed by atoms with Crippen LogP contribution in [0.4, 0.5) is 0 Å². The first-order valence-electron chi connectivity index (χ1n) is 6.69. The van der Waals surface area contributed by atoms with Gasteiger partial charge in [0.25, 0.3) is 5.91 Å². The van der Waals surface area contributed by atoms with Crippen molar-refractivity contribution in [3.05, 3.63) is 63.6 Å². The lowest BCUT2D eigenvalue weighted by Crippen LogP contribution is -2.24. The summed E-state index contributed by atoms with van der Waals surface area (Å²) in [6.45, 7) is -0.306. The molecule has 0 spiro atoms. The Balaban J connectivity index is 1.90. The molecule has 2 aromatic carbocycles. The van der Waals surface area contributed by atoms with Crippen LogP contribution in [-0.2, 0) is 4.79 Å². The van der Waals surface area contributed by atoms with Crippen molar-refractivity contribution in [3.63, 3.8) is 0 Å². The highest BCUT2D eigenvalue weighted by atomic mass is 35.5. The number of nitrogens with zero attached hydrogens (tertiary/aromatic N) is 1. The number of amides is 1. The van der Waals surface area contributed by atoms with Gasteiger partial charge in [-0.2, -0.15) is 5.10 Å². The third-order valence-electron chi connectivity index (χ3n) is 2.84. The van der Waals surface area contributed by atoms with E-state index in [0.29, 0.717) is 16.3 Å². The third-order valence-corrected chi connectivity index (χ3v) is 3.37. The van der Waals surface area contributed by atoms with E-state index in [4.69, 9.17) is 33.0 Å². The average molecular weight is 367 g/mol. The van der Waals surface area contributed by atoms with Gasteiger partial charge in [0.05, 0.1) is 16.8 Å². The van der Waals surface area contributed by atoms with Crippen LogP contribution in [0, 0.1) is 0 Å². The smallest absolute Gasteiger partial charge is 0.336 e. The lowest BCUT2D eigenvalue weighted by atomic mass is 10.1. The minimum absolute atomic E-state index is 0.0831. The van der Waals surface area contributed by atoms with Gasteiger partial charge in [-0.25, -0.2) is 10.2 Å². The Kier molecular flexibility index (Phi) is 6.17. The van der Waals surface area contributed by atoms with Crippen LogP contribution in [0.25, 0.3) is 0 Å². The highest BCUT2D eigenvalue weighted by molar-refractivity contribution is 6.35. The molecule has 0 atom stereocenters. The largest absolute Gasteiger partial charge is 0.482 e. The van der Waals surface area contributed by atoms with Crippen molar-refractivity contribution in [1.29, 1.82) is 0 Å². The summed E-state index contributed by atoms with van der Waals surface area (Å²) in [6.07, 6.45) is 1.25. The molecule has 1 amide bonds. The standard InChI is InChI=1S/C16H12Cl2N2O4/c17-11-5-6-14(13(18)7-11)24-9-15(21)20-19-8-10-3-1-2-4-12(10)16(22)23/h1-8H,9H2,(H,20,21)(H,22,23)/b19-8-. The average Bonchev–Trinajstić information content (AvgIpc) is 2.54. The van der Waals surface area contributed by atoms with Gasteiger partial charge in [0.1, 0.15) is 5.75 Å². The first kappa shape index (κ1) is 17.8. The van der Waals surface area contributed by atoms with Crippen molar-refractivity contribution in [2.45, 2.75) is 0 Å². The first-order chi connectivity index (χ1) is 11.5. The molecule has 2 N–H and O–H groups in total. The van der Waals surface area contributed by atoms with Gasteiger partial charge >= 0.3 is 5.97 Å². The number of benzene rings is 2. The minimum Gasteiger partial charge on any atom is -0.482 e. The zero-order chi connectivity index (χ0) is 17.5. The maximum absolute atomic E-state index is 11.7. The molecular formula is C16H12Cl2N2O4. The maximum Gasteiger partial charge on any atom is 0.336 e. The monoisotopic (exact) mass is 366 g/mol. The molecule has 8 heteroatoms. The Morgan fingerprint density at radius 1 is 1.21 bits per heavy atom. The minimum atomic E-state index is -1.08. The number of halogens is 2. The van der Waals surface area contributed by atoms with Crippen LogP contribution in [0.5, 0.6) is 5.75 Å². The molecule has 0 saturated heterocycles. The van der Waals surface area contributed by atoms with E-state index >= 15 is 0 Å². The molecule has 24 heavy (non-hydrogen) atoms. The molecule has 0 fully saturated rings. The fourth-order valence-electron chi connectivity index (χ4n) is 1.75. The number of rotatable bonds is 6. The van der Waals surface area contributed by atoms with Crippen molar-refractivity contribution < 1.29 is 19.4 Å². The zero-order valence-corrected chi connectivity index (χ0v) is 13.7. The Hall–Kier alpha value is -2.57. The van der Waals surface area contributed by atoms with Crippen molar-refractivity contribution >= 4 is 41.3 Å². The number of carbonyl (C=O) groups is 2. The van der Waals surface area contributed by atoms with E-state index < -0.39 is 11.9 Å². The van der Waals surface area contributed by atoms with Crippen LogP contribution in [-0.4, -0.2) is 29.8 Å². The Labute approximate surface area is 147 Å². The fourth-order valence-corrected chi connectivity index (χ4v) is 2.21. The summed E-state index contributed by atoms with van der Waals surface area (Å²) in [6, 6.07) is 10.9. The Bertz CT molecular complexity index is 793. The van der Waals surface area contributed by atoms with Gasteiger partial charge in [-0.15, -0.1) is 0 Å². The van der Waals surface area contributed by atoms with Crippen molar-refractivity contribution in [3.8, 4) is 5.75 Å². The molecule has 0 saturated carbocycles. The number of hydrogen-bond acceptors (Lipinski definition) is 4. The van der Waals surface area contributed by atoms with Crippen LogP contribution in [0.15, 0.2) is 47.6 Å². The number of ether oxygens (including phenoxy) is 1. The molecule has 0 aromatic heterocycles. The molecule has 0 bridgehead atoms. The van der Waals surface area contributed by atoms with Gasteiger partial charge < -0.3 is 9.84 Å². The SMILES string of the molecule is O=C(COc1ccc(Cl)cc1Cl)N/N=C\c1ccccc1C(=O)O. The van der Waals surface area contributed by atoms with Crippen LogP contribution in [0.3, 0.4) is 0 Å². The number of carboxylic acids is 1. The van der Waals surface area contributed by atoms with Gasteiger partial charge in [-0.3, -0.25) is 4.79 Å². The molecule has 0 aliphatic rings. The van der Waals surface area contributed by atoms with E-state index in [1.165, 1.54) is 18.3 Å². The molecular weight excluding hydrogens is 355 g/mol. The van der Waals surface area contributed by atoms with Crippen LogP contribution >= 0.6 is 23.2 Å². The van der Waals surface area contributed by atoms with Gasteiger partial charge in [0.15, 0.2) is 6.61 Å². The predicted molar refractivity (Wildman–Crippen MR) is 91.1 cm³/mol. The quantitative estimate of drug-likeness (QED) is 0.606. The summed E-state index contributed by atoms with van der Waals surface area (Å²) in [7, 11) is 0. The number of nitrogens with one attached hydrogen (secondary N) is 1. The molecule has 0 aliphatic carbocycles. The summed E-state index contributed by atoms with van der Waals surface area (Å²) < 4.78 is 5.25. The fraction of sp³-hybridized carbons (Fsp3) is 0.0625. The highest BCUT2D eigenvalue weighted by Gasteiger charge is 2.08. The lowest BCUT2D eigenvalue weighted by molar-refractivity contribution is -0.123. The molecule has 0 aliphatic heterocycles. The second-order valence-electron chi connectivity index (χ2n) is 4.55. The van der Waals surface area contributed by atoms with Crippen molar-refractivity contribution in [2.75, 3.05) is 6.61 Å². The molecule has 2 rings (SSSR count). The molecule has 2 aromatic rings. The van der Waals surface area contributed by atoms with Gasteiger partial charge in [-0.05, 0) is 24.3 Å². The first-order valence-corrected chi connectivity index (χ1v) is 7.45. The van der Waals surface area contributed by atoms with Crippen LogP contribution in [0.1, 0.15) is 15.9 Å². The second kappa shape index (κ2) is 8.33. The predicted octanol–water partition coefficient (Wildman–Crippen LogP) is 3.22. The summed E-state index contributed by atoms with van der Waals surface area (Å²) in [5.74, 6) is -1.29. The highest BCUT2D eigenvalue weighted by Crippen LogP contribution is 2.27. The summed E-state index contributed by atoms with van der Waals surface area (Å²) in [5, 5.41) is 13.5. The van der Waals surface area contributed by atoms with E-state index in [1.807, 2.05) is 0 Å². The number of carbonyl (C=O) groups excluding carboxylic acids is 1. The normalized spacial score (nSPS) is 10.6. The summed E-state index contributed by atoms with van der Waals surface area (Å²) >= 11 is 11.7. The van der Waals surface area contributed by atoms with Gasteiger partial charge in [0.2, 0.25) is 0 Å². The summed E-state index contributed by atoms with van der Waals surface area (Å²) in [5.41, 5.74) is 2.69. The second-order valence-corrected chi connectivity index (χ2v) is 5.39. The molecule has 0 heterocycles. The van der Waals surface area contributed by atoms with Crippen molar-refractivity contribution in [2.24, 2.45) is 5.10 Å². The van der Waals surface area contributed by atoms with Crippen molar-refractivity contribution in [1.82, 2.24) is 5.43 Å². The third kappa shape index (κ3) is 4.97. The zero-order valence-electron chi connectivity index (χ0n) is 12.2. The lowest BCUT2D eigenvalue weighted by Gasteiger charge is -2.07. The van der Waals surface area contributed by atoms with E-state index in [9.17, 15) is 9.59 Å². The van der Waals surface area contributed by atoms with Crippen LogP contribution in [0.2, 0.25) is 10.0 Å². The molecule has 0 radical (unpaired) electrons. The molecule has 124 valence electrons. The molecule has 0 unspecified atom stereocenters. The van der Waals surface area contributed by atoms with Gasteiger partial charge in [0, 0.05) is 10.6 Å². The number of hydrazone groups is 1. The number of aromatic carboxylic acids is 1. The number of carboxylic acid groups (broad SMARTS) is 1. The molecule has 6 nitrogen and oxygen atoms in total. The van der Waals surface area contributed by atoms with Crippen LogP contribution < -0.4 is 10.2 Å². The Morgan fingerprint density at radius 3 is 2.67 bits per heavy atom. The van der Waals surface area contributed by atoms with E-state index in [2.05, 4.69) is 10.5 Å². The summed E-state index contributed by atoms with van der Waals surface area (Å²) in [4.78, 5) is 22.7. The Morgan fingerprint density at radius 2 is 1.96 bits per heavy atom. The topological polar surface area (TPSA) is 88.0 Å².